The topological polar surface area (TPSA) is 47.6 Å². The van der Waals surface area contributed by atoms with E-state index >= 15 is 0 Å². The first-order valence-electron chi connectivity index (χ1n) is 9.43. The molecular formula is C19H29FN4O. The molecule has 1 amide bonds. The van der Waals surface area contributed by atoms with Gasteiger partial charge in [-0.05, 0) is 56.6 Å². The number of nitrogens with one attached hydrogen (secondary N) is 2. The van der Waals surface area contributed by atoms with E-state index < -0.39 is 0 Å². The number of amides is 1. The number of anilines is 1. The molecule has 0 saturated carbocycles. The molecule has 25 heavy (non-hydrogen) atoms. The molecule has 1 aromatic carbocycles. The molecule has 0 aromatic heterocycles. The highest BCUT2D eigenvalue weighted by molar-refractivity contribution is 5.94. The number of carbonyl (C=O) groups is 1. The van der Waals surface area contributed by atoms with Crippen molar-refractivity contribution in [3.05, 3.63) is 29.6 Å². The van der Waals surface area contributed by atoms with Gasteiger partial charge in [-0.15, -0.1) is 0 Å². The van der Waals surface area contributed by atoms with Gasteiger partial charge < -0.3 is 20.4 Å². The summed E-state index contributed by atoms with van der Waals surface area (Å²) in [6.45, 7) is 9.48. The van der Waals surface area contributed by atoms with E-state index in [-0.39, 0.29) is 11.7 Å². The van der Waals surface area contributed by atoms with E-state index in [9.17, 15) is 9.18 Å². The highest BCUT2D eigenvalue weighted by Gasteiger charge is 2.20. The summed E-state index contributed by atoms with van der Waals surface area (Å²) in [4.78, 5) is 16.6. The average molecular weight is 348 g/mol. The highest BCUT2D eigenvalue weighted by atomic mass is 19.1. The highest BCUT2D eigenvalue weighted by Crippen LogP contribution is 2.22. The van der Waals surface area contributed by atoms with Crippen LogP contribution in [0.3, 0.4) is 0 Å². The molecule has 2 N–H and O–H groups in total. The maximum absolute atomic E-state index is 14.5. The molecule has 0 bridgehead atoms. The smallest absolute Gasteiger partial charge is 0.251 e. The lowest BCUT2D eigenvalue weighted by Gasteiger charge is -2.35. The summed E-state index contributed by atoms with van der Waals surface area (Å²) >= 11 is 0. The maximum Gasteiger partial charge on any atom is 0.251 e. The molecule has 2 heterocycles. The number of nitrogens with zero attached hydrogens (tertiary/aromatic N) is 2. The SMILES string of the molecule is CCN1CCN(c2ccc(C(=O)NCCC3CCNC3)cc2F)CC1. The van der Waals surface area contributed by atoms with Crippen LogP contribution in [0.15, 0.2) is 18.2 Å². The van der Waals surface area contributed by atoms with E-state index in [2.05, 4.69) is 27.4 Å². The Bertz CT molecular complexity index is 581. The molecule has 6 heteroatoms. The van der Waals surface area contributed by atoms with Crippen molar-refractivity contribution in [1.29, 1.82) is 0 Å². The fourth-order valence-corrected chi connectivity index (χ4v) is 3.66. The molecule has 2 saturated heterocycles. The fraction of sp³-hybridized carbons (Fsp3) is 0.632. The largest absolute Gasteiger partial charge is 0.367 e. The Morgan fingerprint density at radius 2 is 2.12 bits per heavy atom. The molecule has 1 aromatic rings. The lowest BCUT2D eigenvalue weighted by Crippen LogP contribution is -2.46. The van der Waals surface area contributed by atoms with Crippen LogP contribution in [0, 0.1) is 11.7 Å². The Morgan fingerprint density at radius 1 is 1.32 bits per heavy atom. The van der Waals surface area contributed by atoms with E-state index in [0.29, 0.717) is 23.7 Å². The summed E-state index contributed by atoms with van der Waals surface area (Å²) in [5, 5.41) is 6.24. The summed E-state index contributed by atoms with van der Waals surface area (Å²) in [6, 6.07) is 4.85. The molecule has 138 valence electrons. The van der Waals surface area contributed by atoms with Crippen LogP contribution in [0.4, 0.5) is 10.1 Å². The summed E-state index contributed by atoms with van der Waals surface area (Å²) in [6.07, 6.45) is 2.14. The van der Waals surface area contributed by atoms with Crippen molar-refractivity contribution in [2.45, 2.75) is 19.8 Å². The molecule has 2 fully saturated rings. The Kier molecular flexibility index (Phi) is 6.26. The molecule has 0 radical (unpaired) electrons. The molecule has 5 nitrogen and oxygen atoms in total. The van der Waals surface area contributed by atoms with Crippen molar-refractivity contribution in [3.8, 4) is 0 Å². The predicted octanol–water partition coefficient (Wildman–Crippen LogP) is 1.70. The van der Waals surface area contributed by atoms with Crippen molar-refractivity contribution in [2.24, 2.45) is 5.92 Å². The van der Waals surface area contributed by atoms with Crippen LogP contribution in [0.25, 0.3) is 0 Å². The van der Waals surface area contributed by atoms with Crippen LogP contribution in [0.5, 0.6) is 0 Å². The van der Waals surface area contributed by atoms with E-state index in [1.54, 1.807) is 12.1 Å². The van der Waals surface area contributed by atoms with Crippen LogP contribution in [0.2, 0.25) is 0 Å². The third kappa shape index (κ3) is 4.70. The van der Waals surface area contributed by atoms with Crippen molar-refractivity contribution >= 4 is 11.6 Å². The second-order valence-corrected chi connectivity index (χ2v) is 6.99. The van der Waals surface area contributed by atoms with E-state index in [0.717, 1.165) is 52.2 Å². The first-order chi connectivity index (χ1) is 12.2. The predicted molar refractivity (Wildman–Crippen MR) is 98.7 cm³/mol. The summed E-state index contributed by atoms with van der Waals surface area (Å²) in [5.74, 6) is 0.144. The minimum atomic E-state index is -0.308. The summed E-state index contributed by atoms with van der Waals surface area (Å²) in [5.41, 5.74) is 1.00. The monoisotopic (exact) mass is 348 g/mol. The Morgan fingerprint density at radius 3 is 2.76 bits per heavy atom. The van der Waals surface area contributed by atoms with Crippen molar-refractivity contribution in [2.75, 3.05) is 57.3 Å². The zero-order chi connectivity index (χ0) is 17.6. The molecule has 3 rings (SSSR count). The van der Waals surface area contributed by atoms with E-state index in [4.69, 9.17) is 0 Å². The van der Waals surface area contributed by atoms with Gasteiger partial charge in [0.1, 0.15) is 5.82 Å². The van der Waals surface area contributed by atoms with E-state index in [1.807, 2.05) is 0 Å². The van der Waals surface area contributed by atoms with Gasteiger partial charge in [0.05, 0.1) is 5.69 Å². The first-order valence-corrected chi connectivity index (χ1v) is 9.43. The number of halogens is 1. The van der Waals surface area contributed by atoms with E-state index in [1.165, 1.54) is 12.5 Å². The van der Waals surface area contributed by atoms with Gasteiger partial charge in [0.25, 0.3) is 5.91 Å². The quantitative estimate of drug-likeness (QED) is 0.822. The standard InChI is InChI=1S/C19H29FN4O/c1-2-23-9-11-24(12-10-23)18-4-3-16(13-17(18)20)19(25)22-8-6-15-5-7-21-14-15/h3-4,13,15,21H,2,5-12,14H2,1H3,(H,22,25). The number of hydrogen-bond donors (Lipinski definition) is 2. The Labute approximate surface area is 149 Å². The second-order valence-electron chi connectivity index (χ2n) is 6.99. The molecule has 2 aliphatic heterocycles. The minimum absolute atomic E-state index is 0.188. The van der Waals surface area contributed by atoms with Crippen LogP contribution in [-0.2, 0) is 0 Å². The summed E-state index contributed by atoms with van der Waals surface area (Å²) in [7, 11) is 0. The number of carbonyl (C=O) groups excluding carboxylic acids is 1. The molecule has 0 spiro atoms. The van der Waals surface area contributed by atoms with Gasteiger partial charge in [0.2, 0.25) is 0 Å². The molecule has 2 aliphatic rings. The zero-order valence-corrected chi connectivity index (χ0v) is 15.1. The van der Waals surface area contributed by atoms with Gasteiger partial charge in [-0.1, -0.05) is 6.92 Å². The molecule has 0 aliphatic carbocycles. The van der Waals surface area contributed by atoms with Gasteiger partial charge in [0, 0.05) is 38.3 Å². The van der Waals surface area contributed by atoms with Gasteiger partial charge in [0.15, 0.2) is 0 Å². The Balaban J connectivity index is 1.53. The van der Waals surface area contributed by atoms with Gasteiger partial charge >= 0.3 is 0 Å². The van der Waals surface area contributed by atoms with Crippen LogP contribution < -0.4 is 15.5 Å². The number of benzene rings is 1. The first kappa shape index (κ1) is 18.1. The molecular weight excluding hydrogens is 319 g/mol. The lowest BCUT2D eigenvalue weighted by molar-refractivity contribution is 0.0951. The van der Waals surface area contributed by atoms with Crippen LogP contribution in [-0.4, -0.2) is 63.2 Å². The van der Waals surface area contributed by atoms with Crippen molar-refractivity contribution in [1.82, 2.24) is 15.5 Å². The second kappa shape index (κ2) is 8.63. The normalized spacial score (nSPS) is 21.5. The minimum Gasteiger partial charge on any atom is -0.367 e. The maximum atomic E-state index is 14.5. The number of piperazine rings is 1. The number of rotatable bonds is 6. The van der Waals surface area contributed by atoms with Gasteiger partial charge in [-0.25, -0.2) is 4.39 Å². The fourth-order valence-electron chi connectivity index (χ4n) is 3.66. The third-order valence-electron chi connectivity index (χ3n) is 5.37. The summed E-state index contributed by atoms with van der Waals surface area (Å²) < 4.78 is 14.5. The lowest BCUT2D eigenvalue weighted by atomic mass is 10.1. The Hall–Kier alpha value is -1.66. The molecule has 1 unspecified atom stereocenters. The van der Waals surface area contributed by atoms with Crippen LogP contribution in [0.1, 0.15) is 30.1 Å². The van der Waals surface area contributed by atoms with Gasteiger partial charge in [-0.2, -0.15) is 0 Å². The van der Waals surface area contributed by atoms with Crippen molar-refractivity contribution in [3.63, 3.8) is 0 Å². The average Bonchev–Trinajstić information content (AvgIpc) is 3.15. The number of hydrogen-bond acceptors (Lipinski definition) is 4. The van der Waals surface area contributed by atoms with Crippen LogP contribution >= 0.6 is 0 Å². The molecule has 1 atom stereocenters. The van der Waals surface area contributed by atoms with Crippen molar-refractivity contribution < 1.29 is 9.18 Å². The third-order valence-corrected chi connectivity index (χ3v) is 5.37. The number of likely N-dealkylation sites (N-methyl/N-ethyl adjacent to an activating group) is 1. The van der Waals surface area contributed by atoms with Gasteiger partial charge in [-0.3, -0.25) is 4.79 Å². The zero-order valence-electron chi connectivity index (χ0n) is 15.1.